The Morgan fingerprint density at radius 1 is 1.23 bits per heavy atom. The zero-order chi connectivity index (χ0) is 9.10. The molecular formula is C13H9. The molecule has 0 saturated heterocycles. The predicted molar refractivity (Wildman–Crippen MR) is 55.3 cm³/mol. The lowest BCUT2D eigenvalue weighted by Crippen LogP contribution is -1.76. The van der Waals surface area contributed by atoms with Crippen LogP contribution in [0.2, 0.25) is 0 Å². The summed E-state index contributed by atoms with van der Waals surface area (Å²) in [6.07, 6.45) is 0. The molecule has 0 heteroatoms. The molecule has 2 rings (SSSR count). The van der Waals surface area contributed by atoms with E-state index >= 15 is 0 Å². The van der Waals surface area contributed by atoms with Gasteiger partial charge in [0.05, 0.1) is 0 Å². The van der Waals surface area contributed by atoms with Crippen molar-refractivity contribution in [3.63, 3.8) is 0 Å². The first-order chi connectivity index (χ1) is 6.40. The van der Waals surface area contributed by atoms with E-state index in [0.717, 1.165) is 10.9 Å². The molecule has 0 saturated carbocycles. The minimum Gasteiger partial charge on any atom is -0.101 e. The molecule has 0 unspecified atom stereocenters. The summed E-state index contributed by atoms with van der Waals surface area (Å²) in [6.45, 7) is 1.84. The van der Waals surface area contributed by atoms with Crippen LogP contribution in [-0.4, -0.2) is 0 Å². The molecule has 0 fully saturated rings. The first-order valence-electron chi connectivity index (χ1n) is 4.23. The molecule has 0 aliphatic carbocycles. The van der Waals surface area contributed by atoms with Crippen molar-refractivity contribution in [2.45, 2.75) is 6.92 Å². The van der Waals surface area contributed by atoms with Gasteiger partial charge in [0.25, 0.3) is 0 Å². The maximum Gasteiger partial charge on any atom is 0.0257 e. The highest BCUT2D eigenvalue weighted by molar-refractivity contribution is 5.83. The topological polar surface area (TPSA) is 0 Å². The van der Waals surface area contributed by atoms with E-state index in [1.807, 2.05) is 25.1 Å². The number of hydrogen-bond acceptors (Lipinski definition) is 0. The summed E-state index contributed by atoms with van der Waals surface area (Å²) in [7, 11) is 0. The van der Waals surface area contributed by atoms with E-state index < -0.39 is 0 Å². The van der Waals surface area contributed by atoms with Crippen LogP contribution in [0.3, 0.4) is 0 Å². The molecule has 2 aromatic carbocycles. The monoisotopic (exact) mass is 165 g/mol. The van der Waals surface area contributed by atoms with Crippen molar-refractivity contribution in [3.05, 3.63) is 48.0 Å². The third-order valence-electron chi connectivity index (χ3n) is 1.92. The van der Waals surface area contributed by atoms with Crippen molar-refractivity contribution < 1.29 is 0 Å². The highest BCUT2D eigenvalue weighted by Crippen LogP contribution is 2.14. The van der Waals surface area contributed by atoms with Gasteiger partial charge < -0.3 is 0 Å². The van der Waals surface area contributed by atoms with Crippen molar-refractivity contribution in [3.8, 4) is 11.8 Å². The molecule has 0 aliphatic rings. The van der Waals surface area contributed by atoms with Gasteiger partial charge in [0, 0.05) is 5.56 Å². The minimum absolute atomic E-state index is 1.03. The van der Waals surface area contributed by atoms with Gasteiger partial charge in [-0.3, -0.25) is 0 Å². The number of hydrogen-bond donors (Lipinski definition) is 0. The largest absolute Gasteiger partial charge is 0.101 e. The Labute approximate surface area is 78.2 Å². The van der Waals surface area contributed by atoms with Gasteiger partial charge in [-0.15, -0.1) is 5.92 Å². The Balaban J connectivity index is 2.66. The van der Waals surface area contributed by atoms with E-state index in [9.17, 15) is 0 Å². The molecule has 0 heterocycles. The Bertz CT molecular complexity index is 484. The van der Waals surface area contributed by atoms with Crippen LogP contribution in [0.5, 0.6) is 0 Å². The molecule has 0 amide bonds. The first kappa shape index (κ1) is 7.89. The van der Waals surface area contributed by atoms with E-state index in [0.29, 0.717) is 0 Å². The summed E-state index contributed by atoms with van der Waals surface area (Å²) in [5.74, 6) is 5.90. The zero-order valence-electron chi connectivity index (χ0n) is 7.46. The van der Waals surface area contributed by atoms with Gasteiger partial charge in [-0.25, -0.2) is 0 Å². The average Bonchev–Trinajstić information content (AvgIpc) is 2.18. The maximum absolute atomic E-state index is 3.20. The van der Waals surface area contributed by atoms with Crippen LogP contribution in [0.15, 0.2) is 36.4 Å². The van der Waals surface area contributed by atoms with Crippen LogP contribution in [0.25, 0.3) is 10.8 Å². The molecule has 0 spiro atoms. The summed E-state index contributed by atoms with van der Waals surface area (Å²) in [5, 5.41) is 2.34. The maximum atomic E-state index is 3.20. The summed E-state index contributed by atoms with van der Waals surface area (Å²) < 4.78 is 0. The van der Waals surface area contributed by atoms with Crippen molar-refractivity contribution >= 4 is 10.8 Å². The van der Waals surface area contributed by atoms with Gasteiger partial charge >= 0.3 is 0 Å². The quantitative estimate of drug-likeness (QED) is 0.526. The molecule has 0 aromatic heterocycles. The third-order valence-corrected chi connectivity index (χ3v) is 1.92. The van der Waals surface area contributed by atoms with Crippen LogP contribution in [0.4, 0.5) is 0 Å². The molecule has 13 heavy (non-hydrogen) atoms. The van der Waals surface area contributed by atoms with E-state index in [4.69, 9.17) is 0 Å². The Morgan fingerprint density at radius 2 is 2.08 bits per heavy atom. The van der Waals surface area contributed by atoms with Crippen molar-refractivity contribution in [2.24, 2.45) is 0 Å². The zero-order valence-corrected chi connectivity index (χ0v) is 7.46. The second-order valence-electron chi connectivity index (χ2n) is 2.85. The first-order valence-corrected chi connectivity index (χ1v) is 4.23. The summed E-state index contributed by atoms with van der Waals surface area (Å²) in [6, 6.07) is 15.4. The van der Waals surface area contributed by atoms with Crippen LogP contribution in [0.1, 0.15) is 12.5 Å². The van der Waals surface area contributed by atoms with E-state index in [1.165, 1.54) is 5.39 Å². The normalized spacial score (nSPS) is 9.31. The molecule has 0 nitrogen and oxygen atoms in total. The van der Waals surface area contributed by atoms with Gasteiger partial charge in [-0.05, 0) is 35.9 Å². The fourth-order valence-corrected chi connectivity index (χ4v) is 1.34. The highest BCUT2D eigenvalue weighted by atomic mass is 14.0. The predicted octanol–water partition coefficient (Wildman–Crippen LogP) is 3.01. The lowest BCUT2D eigenvalue weighted by molar-refractivity contribution is 1.68. The number of rotatable bonds is 0. The number of fused-ring (bicyclic) bond motifs is 1. The van der Waals surface area contributed by atoms with E-state index in [1.54, 1.807) is 0 Å². The third kappa shape index (κ3) is 1.55. The summed E-state index contributed by atoms with van der Waals surface area (Å²) in [4.78, 5) is 0. The van der Waals surface area contributed by atoms with Crippen LogP contribution >= 0.6 is 0 Å². The SMILES string of the molecule is CC#Cc1c[c]c2ccccc2c1. The smallest absolute Gasteiger partial charge is 0.0257 e. The second kappa shape index (κ2) is 3.33. The minimum atomic E-state index is 1.03. The van der Waals surface area contributed by atoms with Gasteiger partial charge in [-0.1, -0.05) is 30.2 Å². The van der Waals surface area contributed by atoms with Crippen LogP contribution < -0.4 is 0 Å². The Morgan fingerprint density at radius 3 is 2.92 bits per heavy atom. The molecule has 2 aromatic rings. The summed E-state index contributed by atoms with van der Waals surface area (Å²) >= 11 is 0. The van der Waals surface area contributed by atoms with Gasteiger partial charge in [0.15, 0.2) is 0 Å². The number of benzene rings is 2. The van der Waals surface area contributed by atoms with Crippen LogP contribution in [0, 0.1) is 17.9 Å². The second-order valence-corrected chi connectivity index (χ2v) is 2.85. The van der Waals surface area contributed by atoms with E-state index in [-0.39, 0.29) is 0 Å². The van der Waals surface area contributed by atoms with Crippen molar-refractivity contribution in [1.82, 2.24) is 0 Å². The molecule has 1 radical (unpaired) electrons. The molecule has 61 valence electrons. The molecule has 0 bridgehead atoms. The lowest BCUT2D eigenvalue weighted by Gasteiger charge is -1.96. The average molecular weight is 165 g/mol. The fraction of sp³-hybridized carbons (Fsp3) is 0.0769. The van der Waals surface area contributed by atoms with E-state index in [2.05, 4.69) is 36.1 Å². The van der Waals surface area contributed by atoms with Gasteiger partial charge in [0.1, 0.15) is 0 Å². The van der Waals surface area contributed by atoms with Crippen molar-refractivity contribution in [2.75, 3.05) is 0 Å². The molecular weight excluding hydrogens is 156 g/mol. The van der Waals surface area contributed by atoms with Gasteiger partial charge in [-0.2, -0.15) is 0 Å². The summed E-state index contributed by atoms with van der Waals surface area (Å²) in [5.41, 5.74) is 1.03. The molecule has 0 atom stereocenters. The highest BCUT2D eigenvalue weighted by Gasteiger charge is 1.92. The molecule has 0 N–H and O–H groups in total. The fourth-order valence-electron chi connectivity index (χ4n) is 1.34. The van der Waals surface area contributed by atoms with Gasteiger partial charge in [0.2, 0.25) is 0 Å². The Kier molecular flexibility index (Phi) is 2.02. The molecule has 0 aliphatic heterocycles. The lowest BCUT2D eigenvalue weighted by atomic mass is 10.1. The van der Waals surface area contributed by atoms with Crippen LogP contribution in [-0.2, 0) is 0 Å². The Hall–Kier alpha value is -1.74. The standard InChI is InChI=1S/C13H9/c1-2-5-11-8-9-12-6-3-4-7-13(12)10-11/h3-4,6-8,10H,1H3. The van der Waals surface area contributed by atoms with Crippen molar-refractivity contribution in [1.29, 1.82) is 0 Å².